The fourth-order valence-corrected chi connectivity index (χ4v) is 1.81. The predicted octanol–water partition coefficient (Wildman–Crippen LogP) is 2.91. The fourth-order valence-electron chi connectivity index (χ4n) is 1.81. The molecule has 0 unspecified atom stereocenters. The van der Waals surface area contributed by atoms with Gasteiger partial charge in [-0.05, 0) is 23.8 Å². The number of amides is 1. The molecule has 0 atom stereocenters. The number of nitrogens with zero attached hydrogens (tertiary/aromatic N) is 1. The first kappa shape index (κ1) is 14.5. The largest absolute Gasteiger partial charge is 0.477 e. The van der Waals surface area contributed by atoms with Crippen LogP contribution in [0.5, 0.6) is 5.75 Å². The molecule has 0 aliphatic carbocycles. The maximum absolute atomic E-state index is 13.5. The summed E-state index contributed by atoms with van der Waals surface area (Å²) in [5.74, 6) is -0.365. The van der Waals surface area contributed by atoms with Crippen molar-refractivity contribution < 1.29 is 13.9 Å². The molecule has 2 rings (SSSR count). The van der Waals surface area contributed by atoms with Gasteiger partial charge in [-0.2, -0.15) is 5.26 Å². The van der Waals surface area contributed by atoms with Crippen LogP contribution in [0.2, 0.25) is 0 Å². The first-order valence-corrected chi connectivity index (χ1v) is 6.32. The maximum Gasteiger partial charge on any atom is 0.229 e. The Morgan fingerprint density at radius 3 is 2.67 bits per heavy atom. The van der Waals surface area contributed by atoms with Gasteiger partial charge in [0.1, 0.15) is 17.6 Å². The highest BCUT2D eigenvalue weighted by atomic mass is 19.1. The summed E-state index contributed by atoms with van der Waals surface area (Å²) in [7, 11) is 0. The van der Waals surface area contributed by atoms with Gasteiger partial charge in [0.15, 0.2) is 6.61 Å². The van der Waals surface area contributed by atoms with E-state index in [1.807, 2.05) is 6.07 Å². The monoisotopic (exact) mass is 284 g/mol. The summed E-state index contributed by atoms with van der Waals surface area (Å²) in [6.45, 7) is -0.111. The lowest BCUT2D eigenvalue weighted by Gasteiger charge is -2.10. The Balaban J connectivity index is 2.06. The number of nitriles is 1. The lowest BCUT2D eigenvalue weighted by atomic mass is 10.1. The van der Waals surface area contributed by atoms with E-state index in [-0.39, 0.29) is 18.9 Å². The average molecular weight is 284 g/mol. The van der Waals surface area contributed by atoms with Gasteiger partial charge >= 0.3 is 0 Å². The summed E-state index contributed by atoms with van der Waals surface area (Å²) < 4.78 is 18.7. The molecule has 0 radical (unpaired) electrons. The van der Waals surface area contributed by atoms with Crippen LogP contribution in [-0.4, -0.2) is 12.5 Å². The van der Waals surface area contributed by atoms with Crippen molar-refractivity contribution in [1.29, 1.82) is 5.26 Å². The Bertz CT molecular complexity index is 680. The predicted molar refractivity (Wildman–Crippen MR) is 76.3 cm³/mol. The molecular weight excluding hydrogens is 271 g/mol. The number of rotatable bonds is 5. The summed E-state index contributed by atoms with van der Waals surface area (Å²) in [4.78, 5) is 12.0. The van der Waals surface area contributed by atoms with E-state index in [4.69, 9.17) is 10.00 Å². The third kappa shape index (κ3) is 4.05. The molecule has 2 aromatic carbocycles. The summed E-state index contributed by atoms with van der Waals surface area (Å²) >= 11 is 0. The van der Waals surface area contributed by atoms with Gasteiger partial charge in [0.25, 0.3) is 0 Å². The average Bonchev–Trinajstić information content (AvgIpc) is 2.49. The third-order valence-corrected chi connectivity index (χ3v) is 2.76. The van der Waals surface area contributed by atoms with Gasteiger partial charge in [0, 0.05) is 0 Å². The van der Waals surface area contributed by atoms with Crippen LogP contribution in [0.4, 0.5) is 10.1 Å². The van der Waals surface area contributed by atoms with E-state index in [0.29, 0.717) is 17.0 Å². The second-order valence-electron chi connectivity index (χ2n) is 4.26. The Kier molecular flexibility index (Phi) is 4.89. The summed E-state index contributed by atoms with van der Waals surface area (Å²) in [5, 5.41) is 11.2. The quantitative estimate of drug-likeness (QED) is 0.918. The van der Waals surface area contributed by atoms with Gasteiger partial charge in [0.2, 0.25) is 5.91 Å². The smallest absolute Gasteiger partial charge is 0.229 e. The van der Waals surface area contributed by atoms with Crippen LogP contribution in [0.15, 0.2) is 48.5 Å². The highest BCUT2D eigenvalue weighted by molar-refractivity contribution is 5.93. The zero-order valence-corrected chi connectivity index (χ0v) is 11.2. The minimum absolute atomic E-state index is 0.0702. The molecule has 0 heterocycles. The third-order valence-electron chi connectivity index (χ3n) is 2.76. The first-order chi connectivity index (χ1) is 10.2. The number of carbonyl (C=O) groups excluding carboxylic acids is 1. The van der Waals surface area contributed by atoms with Crippen molar-refractivity contribution in [3.8, 4) is 11.8 Å². The number of hydrogen-bond donors (Lipinski definition) is 1. The molecule has 0 spiro atoms. The van der Waals surface area contributed by atoms with Crippen molar-refractivity contribution >= 4 is 11.6 Å². The number of benzene rings is 2. The zero-order valence-electron chi connectivity index (χ0n) is 11.2. The molecule has 0 fully saturated rings. The number of halogens is 1. The molecule has 1 N–H and O–H groups in total. The minimum atomic E-state index is -0.415. The van der Waals surface area contributed by atoms with Crippen LogP contribution in [0.1, 0.15) is 5.56 Å². The molecule has 21 heavy (non-hydrogen) atoms. The molecule has 0 aliphatic rings. The van der Waals surface area contributed by atoms with E-state index in [0.717, 1.165) is 0 Å². The van der Waals surface area contributed by atoms with Gasteiger partial charge in [0.05, 0.1) is 12.1 Å². The number of ether oxygens (including phenoxy) is 1. The topological polar surface area (TPSA) is 62.1 Å². The number of carbonyl (C=O) groups is 1. The summed E-state index contributed by atoms with van der Waals surface area (Å²) in [6.07, 6.45) is -0.0702. The molecule has 0 saturated carbocycles. The lowest BCUT2D eigenvalue weighted by molar-refractivity contribution is -0.115. The fraction of sp³-hybridized carbons (Fsp3) is 0.125. The SMILES string of the molecule is N#CCOc1ccccc1NC(=O)Cc1ccccc1F. The van der Waals surface area contributed by atoms with Crippen molar-refractivity contribution in [3.63, 3.8) is 0 Å². The molecule has 1 amide bonds. The van der Waals surface area contributed by atoms with Gasteiger partial charge in [-0.3, -0.25) is 4.79 Å². The van der Waals surface area contributed by atoms with E-state index in [1.165, 1.54) is 6.07 Å². The van der Waals surface area contributed by atoms with Crippen LogP contribution in [0.3, 0.4) is 0 Å². The highest BCUT2D eigenvalue weighted by Crippen LogP contribution is 2.23. The van der Waals surface area contributed by atoms with Crippen molar-refractivity contribution in [2.45, 2.75) is 6.42 Å². The van der Waals surface area contributed by atoms with E-state index in [9.17, 15) is 9.18 Å². The van der Waals surface area contributed by atoms with Gasteiger partial charge < -0.3 is 10.1 Å². The minimum Gasteiger partial charge on any atom is -0.477 e. The molecule has 0 aliphatic heterocycles. The van der Waals surface area contributed by atoms with Crippen molar-refractivity contribution in [2.75, 3.05) is 11.9 Å². The molecule has 5 heteroatoms. The lowest BCUT2D eigenvalue weighted by Crippen LogP contribution is -2.16. The molecule has 106 valence electrons. The molecular formula is C16H13FN2O2. The van der Waals surface area contributed by atoms with Crippen LogP contribution < -0.4 is 10.1 Å². The first-order valence-electron chi connectivity index (χ1n) is 6.32. The standard InChI is InChI=1S/C16H13FN2O2/c17-13-6-2-1-5-12(13)11-16(20)19-14-7-3-4-8-15(14)21-10-9-18/h1-8H,10-11H2,(H,19,20). The van der Waals surface area contributed by atoms with Gasteiger partial charge in [-0.15, -0.1) is 0 Å². The number of anilines is 1. The van der Waals surface area contributed by atoms with Crippen molar-refractivity contribution in [3.05, 3.63) is 59.9 Å². The van der Waals surface area contributed by atoms with Crippen LogP contribution in [0, 0.1) is 17.1 Å². The van der Waals surface area contributed by atoms with Gasteiger partial charge in [-0.1, -0.05) is 30.3 Å². The Morgan fingerprint density at radius 1 is 1.19 bits per heavy atom. The zero-order chi connectivity index (χ0) is 15.1. The second kappa shape index (κ2) is 7.06. The van der Waals surface area contributed by atoms with Crippen molar-refractivity contribution in [1.82, 2.24) is 0 Å². The normalized spacial score (nSPS) is 9.71. The van der Waals surface area contributed by atoms with Crippen LogP contribution in [-0.2, 0) is 11.2 Å². The summed E-state index contributed by atoms with van der Waals surface area (Å²) in [6, 6.07) is 14.8. The maximum atomic E-state index is 13.5. The molecule has 0 bridgehead atoms. The van der Waals surface area contributed by atoms with Gasteiger partial charge in [-0.25, -0.2) is 4.39 Å². The van der Waals surface area contributed by atoms with Crippen LogP contribution in [0.25, 0.3) is 0 Å². The van der Waals surface area contributed by atoms with E-state index in [2.05, 4.69) is 5.32 Å². The number of para-hydroxylation sites is 2. The second-order valence-corrected chi connectivity index (χ2v) is 4.26. The molecule has 0 aromatic heterocycles. The van der Waals surface area contributed by atoms with Crippen molar-refractivity contribution in [2.24, 2.45) is 0 Å². The highest BCUT2D eigenvalue weighted by Gasteiger charge is 2.10. The van der Waals surface area contributed by atoms with E-state index >= 15 is 0 Å². The van der Waals surface area contributed by atoms with Crippen LogP contribution >= 0.6 is 0 Å². The van der Waals surface area contributed by atoms with E-state index in [1.54, 1.807) is 42.5 Å². The Morgan fingerprint density at radius 2 is 1.90 bits per heavy atom. The Hall–Kier alpha value is -2.87. The number of nitrogens with one attached hydrogen (secondary N) is 1. The number of hydrogen-bond acceptors (Lipinski definition) is 3. The summed E-state index contributed by atoms with van der Waals surface area (Å²) in [5.41, 5.74) is 0.777. The molecule has 4 nitrogen and oxygen atoms in total. The van der Waals surface area contributed by atoms with E-state index < -0.39 is 5.82 Å². The molecule has 2 aromatic rings. The molecule has 0 saturated heterocycles. The Labute approximate surface area is 121 Å².